The lowest BCUT2D eigenvalue weighted by molar-refractivity contribution is -0.119. The molecule has 2 aliphatic rings. The van der Waals surface area contributed by atoms with E-state index >= 15 is 0 Å². The molecule has 0 aromatic carbocycles. The number of carbonyl (C=O) groups excluding carboxylic acids is 1. The van der Waals surface area contributed by atoms with Gasteiger partial charge in [-0.1, -0.05) is 6.42 Å². The van der Waals surface area contributed by atoms with Gasteiger partial charge in [-0.05, 0) is 18.8 Å². The van der Waals surface area contributed by atoms with Gasteiger partial charge in [0, 0.05) is 12.5 Å². The molecule has 1 fully saturated rings. The lowest BCUT2D eigenvalue weighted by Crippen LogP contribution is -2.31. The molecule has 2 heteroatoms. The first-order chi connectivity index (χ1) is 5.36. The highest BCUT2D eigenvalue weighted by molar-refractivity contribution is 5.90. The third-order valence-electron chi connectivity index (χ3n) is 2.59. The first kappa shape index (κ1) is 6.89. The van der Waals surface area contributed by atoms with Crippen molar-refractivity contribution in [3.05, 3.63) is 12.3 Å². The Hall–Kier alpha value is -0.790. The van der Waals surface area contributed by atoms with Crippen LogP contribution in [0.4, 0.5) is 0 Å². The summed E-state index contributed by atoms with van der Waals surface area (Å²) in [6.07, 6.45) is 7.66. The number of ether oxygens (including phenoxy) is 1. The summed E-state index contributed by atoms with van der Waals surface area (Å²) >= 11 is 0. The molecule has 60 valence electrons. The maximum atomic E-state index is 11.0. The van der Waals surface area contributed by atoms with Gasteiger partial charge in [-0.2, -0.15) is 0 Å². The molecular formula is C9H12O2. The number of allylic oxidation sites excluding steroid dienone is 1. The lowest BCUT2D eigenvalue weighted by Gasteiger charge is -2.33. The minimum atomic E-state index is 0.196. The van der Waals surface area contributed by atoms with E-state index in [-0.39, 0.29) is 11.9 Å². The highest BCUT2D eigenvalue weighted by Gasteiger charge is 2.30. The molecule has 1 unspecified atom stereocenters. The minimum Gasteiger partial charge on any atom is -0.497 e. The van der Waals surface area contributed by atoms with Crippen LogP contribution in [0, 0.1) is 5.92 Å². The topological polar surface area (TPSA) is 26.3 Å². The Labute approximate surface area is 66.2 Å². The first-order valence-corrected chi connectivity index (χ1v) is 4.21. The Morgan fingerprint density at radius 1 is 1.45 bits per heavy atom. The van der Waals surface area contributed by atoms with Crippen LogP contribution in [0.1, 0.15) is 25.7 Å². The minimum absolute atomic E-state index is 0.196. The maximum Gasteiger partial charge on any atom is 0.162 e. The Bertz CT molecular complexity index is 192. The zero-order valence-corrected chi connectivity index (χ0v) is 6.45. The van der Waals surface area contributed by atoms with E-state index in [1.807, 2.05) is 0 Å². The van der Waals surface area contributed by atoms with Gasteiger partial charge in [0.05, 0.1) is 6.26 Å². The van der Waals surface area contributed by atoms with Gasteiger partial charge < -0.3 is 4.74 Å². The van der Waals surface area contributed by atoms with Crippen molar-refractivity contribution < 1.29 is 9.53 Å². The van der Waals surface area contributed by atoms with Crippen molar-refractivity contribution in [2.45, 2.75) is 31.8 Å². The smallest absolute Gasteiger partial charge is 0.162 e. The molecular weight excluding hydrogens is 140 g/mol. The molecule has 11 heavy (non-hydrogen) atoms. The van der Waals surface area contributed by atoms with Crippen LogP contribution in [0.15, 0.2) is 12.3 Å². The summed E-state index contributed by atoms with van der Waals surface area (Å²) in [4.78, 5) is 11.0. The number of ketones is 1. The van der Waals surface area contributed by atoms with Crippen LogP contribution in [0.2, 0.25) is 0 Å². The predicted molar refractivity (Wildman–Crippen MR) is 41.0 cm³/mol. The second-order valence-electron chi connectivity index (χ2n) is 3.34. The molecule has 2 rings (SSSR count). The van der Waals surface area contributed by atoms with E-state index in [1.54, 1.807) is 6.26 Å². The van der Waals surface area contributed by atoms with Crippen LogP contribution in [0.5, 0.6) is 0 Å². The van der Waals surface area contributed by atoms with Crippen molar-refractivity contribution in [1.82, 2.24) is 0 Å². The van der Waals surface area contributed by atoms with Crippen LogP contribution in [-0.2, 0) is 9.53 Å². The van der Waals surface area contributed by atoms with Crippen LogP contribution in [0.3, 0.4) is 0 Å². The Balaban J connectivity index is 1.94. The van der Waals surface area contributed by atoms with Gasteiger partial charge in [-0.3, -0.25) is 4.79 Å². The van der Waals surface area contributed by atoms with Crippen LogP contribution in [0.25, 0.3) is 0 Å². The third kappa shape index (κ3) is 1.30. The summed E-state index contributed by atoms with van der Waals surface area (Å²) in [5, 5.41) is 0. The maximum absolute atomic E-state index is 11.0. The number of hydrogen-bond donors (Lipinski definition) is 0. The highest BCUT2D eigenvalue weighted by atomic mass is 16.5. The zero-order chi connectivity index (χ0) is 7.68. The van der Waals surface area contributed by atoms with E-state index < -0.39 is 0 Å². The highest BCUT2D eigenvalue weighted by Crippen LogP contribution is 2.33. The molecule has 0 aromatic heterocycles. The van der Waals surface area contributed by atoms with E-state index in [9.17, 15) is 4.79 Å². The molecule has 1 atom stereocenters. The average molecular weight is 152 g/mol. The summed E-state index contributed by atoms with van der Waals surface area (Å²) in [5.74, 6) is 0.872. The van der Waals surface area contributed by atoms with E-state index in [2.05, 4.69) is 0 Å². The quantitative estimate of drug-likeness (QED) is 0.571. The van der Waals surface area contributed by atoms with E-state index in [1.165, 1.54) is 25.3 Å². The summed E-state index contributed by atoms with van der Waals surface area (Å²) in [6.45, 7) is 0. The van der Waals surface area contributed by atoms with Crippen LogP contribution in [-0.4, -0.2) is 11.9 Å². The normalized spacial score (nSPS) is 31.3. The lowest BCUT2D eigenvalue weighted by atomic mass is 9.79. The number of rotatable bonds is 1. The fourth-order valence-electron chi connectivity index (χ4n) is 1.62. The average Bonchev–Trinajstić information content (AvgIpc) is 1.83. The van der Waals surface area contributed by atoms with Crippen molar-refractivity contribution in [3.8, 4) is 0 Å². The standard InChI is InChI=1S/C9H12O2/c10-8-4-5-11-9(6-8)7-2-1-3-7/h4-5,7,9H,1-3,6H2. The fourth-order valence-corrected chi connectivity index (χ4v) is 1.62. The van der Waals surface area contributed by atoms with Crippen LogP contribution < -0.4 is 0 Å². The van der Waals surface area contributed by atoms with Gasteiger partial charge in [0.15, 0.2) is 5.78 Å². The third-order valence-corrected chi connectivity index (χ3v) is 2.59. The van der Waals surface area contributed by atoms with Crippen molar-refractivity contribution >= 4 is 5.78 Å². The molecule has 1 heterocycles. The van der Waals surface area contributed by atoms with Gasteiger partial charge in [-0.25, -0.2) is 0 Å². The van der Waals surface area contributed by atoms with E-state index in [0.29, 0.717) is 12.3 Å². The molecule has 0 bridgehead atoms. The van der Waals surface area contributed by atoms with Crippen LogP contribution >= 0.6 is 0 Å². The van der Waals surface area contributed by atoms with Crippen molar-refractivity contribution in [2.75, 3.05) is 0 Å². The van der Waals surface area contributed by atoms with Crippen molar-refractivity contribution in [2.24, 2.45) is 5.92 Å². The second kappa shape index (κ2) is 2.68. The fraction of sp³-hybridized carbons (Fsp3) is 0.667. The zero-order valence-electron chi connectivity index (χ0n) is 6.45. The number of hydrogen-bond acceptors (Lipinski definition) is 2. The monoisotopic (exact) mass is 152 g/mol. The number of carbonyl (C=O) groups is 1. The van der Waals surface area contributed by atoms with Crippen molar-refractivity contribution in [1.29, 1.82) is 0 Å². The van der Waals surface area contributed by atoms with Gasteiger partial charge in [0.1, 0.15) is 6.10 Å². The predicted octanol–water partition coefficient (Wildman–Crippen LogP) is 1.66. The molecule has 0 spiro atoms. The largest absolute Gasteiger partial charge is 0.497 e. The Kier molecular flexibility index (Phi) is 1.68. The molecule has 1 aliphatic heterocycles. The van der Waals surface area contributed by atoms with Gasteiger partial charge in [0.25, 0.3) is 0 Å². The van der Waals surface area contributed by atoms with Gasteiger partial charge in [0.2, 0.25) is 0 Å². The summed E-state index contributed by atoms with van der Waals surface area (Å²) in [7, 11) is 0. The first-order valence-electron chi connectivity index (χ1n) is 4.21. The molecule has 2 nitrogen and oxygen atoms in total. The summed E-state index contributed by atoms with van der Waals surface area (Å²) in [6, 6.07) is 0. The summed E-state index contributed by atoms with van der Waals surface area (Å²) < 4.78 is 5.35. The SMILES string of the molecule is O=C1C=COC(C2CCC2)C1. The van der Waals surface area contributed by atoms with Crippen molar-refractivity contribution in [3.63, 3.8) is 0 Å². The van der Waals surface area contributed by atoms with Gasteiger partial charge >= 0.3 is 0 Å². The summed E-state index contributed by atoms with van der Waals surface area (Å²) in [5.41, 5.74) is 0. The Morgan fingerprint density at radius 2 is 2.27 bits per heavy atom. The molecule has 0 amide bonds. The van der Waals surface area contributed by atoms with Gasteiger partial charge in [-0.15, -0.1) is 0 Å². The second-order valence-corrected chi connectivity index (χ2v) is 3.34. The molecule has 1 aliphatic carbocycles. The Morgan fingerprint density at radius 3 is 2.82 bits per heavy atom. The van der Waals surface area contributed by atoms with E-state index in [0.717, 1.165) is 0 Å². The molecule has 0 aromatic rings. The molecule has 1 saturated carbocycles. The van der Waals surface area contributed by atoms with E-state index in [4.69, 9.17) is 4.74 Å². The molecule has 0 N–H and O–H groups in total. The molecule has 0 saturated heterocycles. The molecule has 0 radical (unpaired) electrons.